The van der Waals surface area contributed by atoms with Crippen LogP contribution in [0.2, 0.25) is 0 Å². The van der Waals surface area contributed by atoms with Gasteiger partial charge in [-0.2, -0.15) is 0 Å². The normalized spacial score (nSPS) is 13.1. The highest BCUT2D eigenvalue weighted by Crippen LogP contribution is 2.17. The largest absolute Gasteiger partial charge is 0.394 e. The van der Waals surface area contributed by atoms with E-state index in [9.17, 15) is 15.0 Å². The Labute approximate surface area is 394 Å². The average molecular weight is 883 g/mol. The summed E-state index contributed by atoms with van der Waals surface area (Å²) in [5.41, 5.74) is 0. The zero-order valence-corrected chi connectivity index (χ0v) is 42.6. The molecular formula is C59H111NO3. The second-order valence-corrected chi connectivity index (χ2v) is 19.3. The molecule has 0 aromatic carbocycles. The van der Waals surface area contributed by atoms with E-state index in [0.29, 0.717) is 6.42 Å². The van der Waals surface area contributed by atoms with Crippen molar-refractivity contribution >= 4 is 5.91 Å². The lowest BCUT2D eigenvalue weighted by atomic mass is 10.0. The fourth-order valence-electron chi connectivity index (χ4n) is 8.70. The highest BCUT2D eigenvalue weighted by molar-refractivity contribution is 5.76. The topological polar surface area (TPSA) is 69.6 Å². The number of nitrogens with one attached hydrogen (secondary N) is 1. The van der Waals surface area contributed by atoms with Gasteiger partial charge in [-0.05, 0) is 64.2 Å². The summed E-state index contributed by atoms with van der Waals surface area (Å²) in [5, 5.41) is 23.1. The molecule has 1 amide bonds. The molecule has 0 rings (SSSR count). The summed E-state index contributed by atoms with van der Waals surface area (Å²) in [6.07, 6.45) is 75.8. The first-order valence-electron chi connectivity index (χ1n) is 28.4. The Hall–Kier alpha value is -1.65. The number of amides is 1. The van der Waals surface area contributed by atoms with Gasteiger partial charge in [0, 0.05) is 6.42 Å². The van der Waals surface area contributed by atoms with E-state index in [4.69, 9.17) is 0 Å². The van der Waals surface area contributed by atoms with Crippen LogP contribution in [-0.2, 0) is 4.79 Å². The minimum Gasteiger partial charge on any atom is -0.394 e. The van der Waals surface area contributed by atoms with Crippen LogP contribution in [0.25, 0.3) is 0 Å². The van der Waals surface area contributed by atoms with Gasteiger partial charge in [0.1, 0.15) is 0 Å². The molecule has 0 spiro atoms. The number of carbonyl (C=O) groups excluding carboxylic acids is 1. The smallest absolute Gasteiger partial charge is 0.220 e. The lowest BCUT2D eigenvalue weighted by Crippen LogP contribution is -2.45. The first-order chi connectivity index (χ1) is 31.2. The molecule has 2 atom stereocenters. The monoisotopic (exact) mass is 882 g/mol. The second-order valence-electron chi connectivity index (χ2n) is 19.3. The van der Waals surface area contributed by atoms with E-state index >= 15 is 0 Å². The first kappa shape index (κ1) is 61.4. The number of aliphatic hydroxyl groups is 2. The highest BCUT2D eigenvalue weighted by Gasteiger charge is 2.18. The molecule has 2 unspecified atom stereocenters. The Morgan fingerprint density at radius 2 is 0.667 bits per heavy atom. The fourth-order valence-corrected chi connectivity index (χ4v) is 8.70. The number of allylic oxidation sites excluding steroid dienone is 7. The third-order valence-corrected chi connectivity index (χ3v) is 13.0. The van der Waals surface area contributed by atoms with Crippen LogP contribution in [0.4, 0.5) is 0 Å². The van der Waals surface area contributed by atoms with Gasteiger partial charge in [0.15, 0.2) is 0 Å². The highest BCUT2D eigenvalue weighted by atomic mass is 16.3. The van der Waals surface area contributed by atoms with Crippen LogP contribution in [-0.4, -0.2) is 34.9 Å². The first-order valence-corrected chi connectivity index (χ1v) is 28.4. The molecule has 0 fully saturated rings. The second kappa shape index (κ2) is 54.7. The third-order valence-electron chi connectivity index (χ3n) is 13.0. The van der Waals surface area contributed by atoms with Gasteiger partial charge in [-0.25, -0.2) is 0 Å². The molecule has 0 bridgehead atoms. The summed E-state index contributed by atoms with van der Waals surface area (Å²) in [6.45, 7) is 4.29. The van der Waals surface area contributed by atoms with Crippen LogP contribution in [0.3, 0.4) is 0 Å². The molecule has 4 heteroatoms. The van der Waals surface area contributed by atoms with Gasteiger partial charge in [-0.1, -0.05) is 281 Å². The molecule has 0 saturated heterocycles. The number of aliphatic hydroxyl groups excluding tert-OH is 2. The van der Waals surface area contributed by atoms with Crippen molar-refractivity contribution in [2.24, 2.45) is 0 Å². The Balaban J connectivity index is 3.41. The maximum atomic E-state index is 12.4. The predicted octanol–water partition coefficient (Wildman–Crippen LogP) is 18.6. The Morgan fingerprint density at radius 3 is 1.02 bits per heavy atom. The molecule has 3 N–H and O–H groups in total. The van der Waals surface area contributed by atoms with E-state index < -0.39 is 12.1 Å². The van der Waals surface area contributed by atoms with Crippen molar-refractivity contribution in [3.05, 3.63) is 48.6 Å². The minimum absolute atomic E-state index is 0.0700. The van der Waals surface area contributed by atoms with E-state index in [1.165, 1.54) is 244 Å². The van der Waals surface area contributed by atoms with Gasteiger partial charge in [0.25, 0.3) is 0 Å². The van der Waals surface area contributed by atoms with Crippen LogP contribution in [0, 0.1) is 0 Å². The Bertz CT molecular complexity index is 1000. The third kappa shape index (κ3) is 51.2. The van der Waals surface area contributed by atoms with Gasteiger partial charge >= 0.3 is 0 Å². The van der Waals surface area contributed by atoms with Crippen molar-refractivity contribution in [3.8, 4) is 0 Å². The Morgan fingerprint density at radius 1 is 0.381 bits per heavy atom. The molecule has 0 aromatic heterocycles. The number of hydrogen-bond acceptors (Lipinski definition) is 3. The van der Waals surface area contributed by atoms with Crippen LogP contribution in [0.15, 0.2) is 48.6 Å². The number of carbonyl (C=O) groups is 1. The summed E-state index contributed by atoms with van der Waals surface area (Å²) in [7, 11) is 0. The number of unbranched alkanes of at least 4 members (excludes halogenated alkanes) is 39. The van der Waals surface area contributed by atoms with Crippen molar-refractivity contribution in [3.63, 3.8) is 0 Å². The molecule has 0 aliphatic heterocycles. The zero-order chi connectivity index (χ0) is 45.6. The van der Waals surface area contributed by atoms with Crippen molar-refractivity contribution in [1.82, 2.24) is 5.32 Å². The van der Waals surface area contributed by atoms with Crippen molar-refractivity contribution in [2.45, 2.75) is 315 Å². The maximum Gasteiger partial charge on any atom is 0.220 e. The predicted molar refractivity (Wildman–Crippen MR) is 281 cm³/mol. The van der Waals surface area contributed by atoms with E-state index in [1.54, 1.807) is 6.08 Å². The van der Waals surface area contributed by atoms with Crippen LogP contribution >= 0.6 is 0 Å². The lowest BCUT2D eigenvalue weighted by molar-refractivity contribution is -0.123. The quantitative estimate of drug-likeness (QED) is 0.0421. The van der Waals surface area contributed by atoms with Gasteiger partial charge in [0.2, 0.25) is 5.91 Å². The standard InChI is InChI=1S/C59H111NO3/c1-3-5-7-9-11-13-15-17-19-20-21-22-23-24-25-26-27-28-29-30-31-32-33-34-35-36-37-38-39-40-41-43-45-47-49-51-53-55-59(63)60-57(56-61)58(62)54-52-50-48-46-44-42-18-16-14-12-10-8-6-4-2/h15,17,20-21,44,46,52,54,57-58,61-62H,3-14,16,18-19,22-43,45,47-51,53,55-56H2,1-2H3,(H,60,63)/b17-15-,21-20-,46-44+,54-52+. The molecule has 63 heavy (non-hydrogen) atoms. The lowest BCUT2D eigenvalue weighted by Gasteiger charge is -2.19. The summed E-state index contributed by atoms with van der Waals surface area (Å²) in [5.74, 6) is -0.0700. The summed E-state index contributed by atoms with van der Waals surface area (Å²) >= 11 is 0. The molecule has 370 valence electrons. The van der Waals surface area contributed by atoms with Crippen molar-refractivity contribution in [1.29, 1.82) is 0 Å². The van der Waals surface area contributed by atoms with Crippen LogP contribution < -0.4 is 5.32 Å². The molecule has 0 aliphatic rings. The molecule has 0 aliphatic carbocycles. The molecule has 0 saturated carbocycles. The van der Waals surface area contributed by atoms with E-state index in [-0.39, 0.29) is 12.5 Å². The maximum absolute atomic E-state index is 12.4. The minimum atomic E-state index is -0.860. The molecule has 0 heterocycles. The fraction of sp³-hybridized carbons (Fsp3) is 0.847. The van der Waals surface area contributed by atoms with Crippen LogP contribution in [0.5, 0.6) is 0 Å². The van der Waals surface area contributed by atoms with Crippen LogP contribution in [0.1, 0.15) is 303 Å². The van der Waals surface area contributed by atoms with E-state index in [0.717, 1.165) is 38.5 Å². The average Bonchev–Trinajstić information content (AvgIpc) is 3.29. The Kier molecular flexibility index (Phi) is 53.3. The molecule has 0 radical (unpaired) electrons. The molecule has 0 aromatic rings. The van der Waals surface area contributed by atoms with E-state index in [1.807, 2.05) is 6.08 Å². The van der Waals surface area contributed by atoms with Gasteiger partial charge in [0.05, 0.1) is 18.8 Å². The van der Waals surface area contributed by atoms with Gasteiger partial charge < -0.3 is 15.5 Å². The van der Waals surface area contributed by atoms with Crippen molar-refractivity contribution < 1.29 is 15.0 Å². The van der Waals surface area contributed by atoms with Gasteiger partial charge in [-0.15, -0.1) is 0 Å². The summed E-state index contributed by atoms with van der Waals surface area (Å²) in [4.78, 5) is 12.4. The number of rotatable bonds is 52. The molecule has 4 nitrogen and oxygen atoms in total. The number of hydrogen-bond donors (Lipinski definition) is 3. The molecular weight excluding hydrogens is 771 g/mol. The summed E-state index contributed by atoms with van der Waals surface area (Å²) < 4.78 is 0. The van der Waals surface area contributed by atoms with E-state index in [2.05, 4.69) is 55.6 Å². The summed E-state index contributed by atoms with van der Waals surface area (Å²) in [6, 6.07) is -0.637. The zero-order valence-electron chi connectivity index (χ0n) is 42.6. The van der Waals surface area contributed by atoms with Crippen molar-refractivity contribution in [2.75, 3.05) is 6.61 Å². The SMILES string of the molecule is CCCCCCC/C=C\C/C=C\CCCCCCCCCCCCCCCCCCCCCCCCCCCC(=O)NC(CO)C(O)/C=C/CC/C=C/CCCCCCCCCC. The van der Waals surface area contributed by atoms with Gasteiger partial charge in [-0.3, -0.25) is 4.79 Å².